The molecule has 1 rings (SSSR count). The number of nitrogens with two attached hydrogens (primary N) is 1. The summed E-state index contributed by atoms with van der Waals surface area (Å²) in [7, 11) is 0. The van der Waals surface area contributed by atoms with Gasteiger partial charge in [-0.2, -0.15) is 0 Å². The van der Waals surface area contributed by atoms with Gasteiger partial charge in [0.1, 0.15) is 5.82 Å². The van der Waals surface area contributed by atoms with Crippen LogP contribution < -0.4 is 5.73 Å². The average Bonchev–Trinajstić information content (AvgIpc) is 2.36. The Kier molecular flexibility index (Phi) is 6.06. The van der Waals surface area contributed by atoms with Crippen LogP contribution in [0.4, 0.5) is 4.39 Å². The lowest BCUT2D eigenvalue weighted by Crippen LogP contribution is -2.40. The topological polar surface area (TPSA) is 29.3 Å². The lowest BCUT2D eigenvalue weighted by Gasteiger charge is -2.35. The Morgan fingerprint density at radius 3 is 2.50 bits per heavy atom. The molecule has 2 nitrogen and oxygen atoms in total. The molecule has 0 aromatic heterocycles. The number of hydrogen-bond donors (Lipinski definition) is 1. The van der Waals surface area contributed by atoms with Gasteiger partial charge < -0.3 is 5.73 Å². The molecule has 0 fully saturated rings. The van der Waals surface area contributed by atoms with Gasteiger partial charge in [0.2, 0.25) is 0 Å². The van der Waals surface area contributed by atoms with Crippen LogP contribution in [0.25, 0.3) is 0 Å². The lowest BCUT2D eigenvalue weighted by molar-refractivity contribution is 0.149. The van der Waals surface area contributed by atoms with Crippen LogP contribution in [0.3, 0.4) is 0 Å². The maximum absolute atomic E-state index is 14.0. The second kappa shape index (κ2) is 7.07. The highest BCUT2D eigenvalue weighted by Crippen LogP contribution is 2.27. The van der Waals surface area contributed by atoms with Crippen molar-refractivity contribution in [1.29, 1.82) is 0 Å². The number of likely N-dealkylation sites (N-methyl/N-ethyl adjacent to an activating group) is 1. The van der Waals surface area contributed by atoms with Crippen LogP contribution in [0.1, 0.15) is 38.8 Å². The molecule has 2 atom stereocenters. The molecule has 0 amide bonds. The van der Waals surface area contributed by atoms with E-state index >= 15 is 0 Å². The van der Waals surface area contributed by atoms with Crippen molar-refractivity contribution < 1.29 is 4.39 Å². The predicted molar refractivity (Wildman–Crippen MR) is 75.3 cm³/mol. The lowest BCUT2D eigenvalue weighted by atomic mass is 10.0. The minimum atomic E-state index is -0.278. The van der Waals surface area contributed by atoms with Crippen molar-refractivity contribution >= 4 is 11.6 Å². The second-order valence-corrected chi connectivity index (χ2v) is 4.94. The molecule has 0 bridgehead atoms. The molecule has 0 spiro atoms. The first-order valence-electron chi connectivity index (χ1n) is 6.45. The van der Waals surface area contributed by atoms with Gasteiger partial charge in [0.25, 0.3) is 0 Å². The van der Waals surface area contributed by atoms with E-state index in [1.807, 2.05) is 0 Å². The number of halogens is 2. The molecule has 2 N–H and O–H groups in total. The maximum atomic E-state index is 14.0. The molecule has 0 aliphatic carbocycles. The Labute approximate surface area is 114 Å². The monoisotopic (exact) mass is 272 g/mol. The summed E-state index contributed by atoms with van der Waals surface area (Å²) in [4.78, 5) is 2.23. The minimum absolute atomic E-state index is 0.0952. The van der Waals surface area contributed by atoms with Crippen LogP contribution in [0, 0.1) is 5.82 Å². The SMILES string of the molecule is CCC(C)N(CC)C(CN)c1ccc(Cl)cc1F. The quantitative estimate of drug-likeness (QED) is 0.857. The van der Waals surface area contributed by atoms with Gasteiger partial charge >= 0.3 is 0 Å². The van der Waals surface area contributed by atoms with Crippen molar-refractivity contribution in [3.63, 3.8) is 0 Å². The zero-order valence-corrected chi connectivity index (χ0v) is 12.0. The highest BCUT2D eigenvalue weighted by Gasteiger charge is 2.24. The standard InChI is InChI=1S/C14H22ClFN2/c1-4-10(3)18(5-2)14(9-17)12-7-6-11(15)8-13(12)16/h6-8,10,14H,4-5,9,17H2,1-3H3. The molecule has 1 aromatic rings. The first-order chi connectivity index (χ1) is 8.54. The van der Waals surface area contributed by atoms with Gasteiger partial charge in [-0.05, 0) is 32.0 Å². The van der Waals surface area contributed by atoms with Crippen molar-refractivity contribution in [1.82, 2.24) is 4.90 Å². The van der Waals surface area contributed by atoms with E-state index in [4.69, 9.17) is 17.3 Å². The van der Waals surface area contributed by atoms with Crippen LogP contribution in [-0.2, 0) is 0 Å². The second-order valence-electron chi connectivity index (χ2n) is 4.51. The number of benzene rings is 1. The number of rotatable bonds is 6. The summed E-state index contributed by atoms with van der Waals surface area (Å²) < 4.78 is 14.0. The first-order valence-corrected chi connectivity index (χ1v) is 6.83. The van der Waals surface area contributed by atoms with Gasteiger partial charge in [-0.15, -0.1) is 0 Å². The molecule has 1 aromatic carbocycles. The first kappa shape index (κ1) is 15.4. The molecule has 4 heteroatoms. The van der Waals surface area contributed by atoms with E-state index in [1.165, 1.54) is 6.07 Å². The summed E-state index contributed by atoms with van der Waals surface area (Å²) >= 11 is 5.78. The van der Waals surface area contributed by atoms with E-state index in [0.29, 0.717) is 23.2 Å². The Morgan fingerprint density at radius 1 is 1.39 bits per heavy atom. The predicted octanol–water partition coefficient (Wildman–Crippen LogP) is 3.60. The van der Waals surface area contributed by atoms with Gasteiger partial charge in [-0.1, -0.05) is 31.5 Å². The zero-order chi connectivity index (χ0) is 13.7. The van der Waals surface area contributed by atoms with E-state index in [9.17, 15) is 4.39 Å². The van der Waals surface area contributed by atoms with Crippen molar-refractivity contribution in [2.75, 3.05) is 13.1 Å². The van der Waals surface area contributed by atoms with Gasteiger partial charge in [0.05, 0.1) is 6.04 Å². The van der Waals surface area contributed by atoms with Crippen molar-refractivity contribution in [3.8, 4) is 0 Å². The molecule has 0 aliphatic rings. The van der Waals surface area contributed by atoms with E-state index in [0.717, 1.165) is 13.0 Å². The number of nitrogens with zero attached hydrogens (tertiary/aromatic N) is 1. The summed E-state index contributed by atoms with van der Waals surface area (Å²) in [5, 5.41) is 0.415. The molecule has 18 heavy (non-hydrogen) atoms. The summed E-state index contributed by atoms with van der Waals surface area (Å²) in [5.74, 6) is -0.278. The van der Waals surface area contributed by atoms with Crippen LogP contribution in [0.2, 0.25) is 5.02 Å². The molecule has 0 aliphatic heterocycles. The minimum Gasteiger partial charge on any atom is -0.329 e. The molecule has 0 saturated heterocycles. The third kappa shape index (κ3) is 3.44. The Bertz CT molecular complexity index is 384. The Balaban J connectivity index is 3.07. The largest absolute Gasteiger partial charge is 0.329 e. The van der Waals surface area contributed by atoms with E-state index in [2.05, 4.69) is 25.7 Å². The van der Waals surface area contributed by atoms with Gasteiger partial charge in [0, 0.05) is 23.2 Å². The molecule has 0 radical (unpaired) electrons. The molecule has 102 valence electrons. The van der Waals surface area contributed by atoms with Crippen molar-refractivity contribution in [2.24, 2.45) is 5.73 Å². The van der Waals surface area contributed by atoms with E-state index in [-0.39, 0.29) is 11.9 Å². The third-order valence-corrected chi connectivity index (χ3v) is 3.70. The fourth-order valence-electron chi connectivity index (χ4n) is 2.29. The van der Waals surface area contributed by atoms with Gasteiger partial charge in [-0.3, -0.25) is 4.90 Å². The van der Waals surface area contributed by atoms with E-state index < -0.39 is 0 Å². The molecular formula is C14H22ClFN2. The van der Waals surface area contributed by atoms with E-state index in [1.54, 1.807) is 12.1 Å². The van der Waals surface area contributed by atoms with Crippen LogP contribution in [0.15, 0.2) is 18.2 Å². The fourth-order valence-corrected chi connectivity index (χ4v) is 2.45. The summed E-state index contributed by atoms with van der Waals surface area (Å²) in [6, 6.07) is 5.08. The summed E-state index contributed by atoms with van der Waals surface area (Å²) in [6.07, 6.45) is 1.01. The maximum Gasteiger partial charge on any atom is 0.129 e. The molecule has 0 saturated carbocycles. The van der Waals surface area contributed by atoms with Crippen LogP contribution in [-0.4, -0.2) is 24.0 Å². The van der Waals surface area contributed by atoms with Gasteiger partial charge in [0.15, 0.2) is 0 Å². The van der Waals surface area contributed by atoms with Crippen molar-refractivity contribution in [3.05, 3.63) is 34.6 Å². The van der Waals surface area contributed by atoms with Crippen molar-refractivity contribution in [2.45, 2.75) is 39.3 Å². The molecular weight excluding hydrogens is 251 g/mol. The van der Waals surface area contributed by atoms with Crippen LogP contribution in [0.5, 0.6) is 0 Å². The highest BCUT2D eigenvalue weighted by molar-refractivity contribution is 6.30. The summed E-state index contributed by atoms with van der Waals surface area (Å²) in [6.45, 7) is 7.58. The normalized spacial score (nSPS) is 14.8. The fraction of sp³-hybridized carbons (Fsp3) is 0.571. The molecule has 2 unspecified atom stereocenters. The highest BCUT2D eigenvalue weighted by atomic mass is 35.5. The third-order valence-electron chi connectivity index (χ3n) is 3.47. The smallest absolute Gasteiger partial charge is 0.129 e. The zero-order valence-electron chi connectivity index (χ0n) is 11.3. The average molecular weight is 273 g/mol. The number of hydrogen-bond acceptors (Lipinski definition) is 2. The van der Waals surface area contributed by atoms with Crippen LogP contribution >= 0.6 is 11.6 Å². The Hall–Kier alpha value is -0.640. The van der Waals surface area contributed by atoms with Gasteiger partial charge in [-0.25, -0.2) is 4.39 Å². The summed E-state index contributed by atoms with van der Waals surface area (Å²) in [5.41, 5.74) is 6.47. The molecule has 0 heterocycles. The Morgan fingerprint density at radius 2 is 2.06 bits per heavy atom.